The van der Waals surface area contributed by atoms with E-state index in [0.29, 0.717) is 28.7 Å². The largest absolute Gasteiger partial charge is 0.491 e. The molecule has 0 aliphatic heterocycles. The third-order valence-corrected chi connectivity index (χ3v) is 10.9. The van der Waals surface area contributed by atoms with Crippen LogP contribution in [0.4, 0.5) is 11.4 Å². The number of aromatic carboxylic acids is 2. The number of hydrogen-bond acceptors (Lipinski definition) is 10. The number of carbonyl (C=O) groups is 4. The van der Waals surface area contributed by atoms with Crippen molar-refractivity contribution in [3.8, 4) is 35.0 Å². The van der Waals surface area contributed by atoms with Crippen molar-refractivity contribution in [2.45, 2.75) is 71.5 Å². The number of aromatic nitrogens is 2. The molecule has 1 aliphatic rings. The number of aryl methyl sites for hydroxylation is 1. The predicted molar refractivity (Wildman–Crippen MR) is 234 cm³/mol. The number of carboxylic acids is 2. The molecule has 0 spiro atoms. The van der Waals surface area contributed by atoms with E-state index in [1.807, 2.05) is 68.5 Å². The van der Waals surface area contributed by atoms with Crippen LogP contribution < -0.4 is 20.1 Å². The first-order valence-corrected chi connectivity index (χ1v) is 20.5. The van der Waals surface area contributed by atoms with Crippen LogP contribution in [0.1, 0.15) is 112 Å². The van der Waals surface area contributed by atoms with E-state index in [-0.39, 0.29) is 51.5 Å². The van der Waals surface area contributed by atoms with Crippen molar-refractivity contribution in [1.29, 1.82) is 10.5 Å². The first-order valence-electron chi connectivity index (χ1n) is 20.5. The van der Waals surface area contributed by atoms with Gasteiger partial charge in [-0.1, -0.05) is 43.5 Å². The lowest BCUT2D eigenvalue weighted by molar-refractivity contribution is 0.0687. The minimum absolute atomic E-state index is 0.00849. The highest BCUT2D eigenvalue weighted by Crippen LogP contribution is 2.35. The van der Waals surface area contributed by atoms with Gasteiger partial charge in [-0.15, -0.1) is 0 Å². The quantitative estimate of drug-likeness (QED) is 0.0851. The second-order valence-electron chi connectivity index (χ2n) is 15.2. The Morgan fingerprint density at radius 1 is 0.810 bits per heavy atom. The van der Waals surface area contributed by atoms with E-state index in [2.05, 4.69) is 22.7 Å². The SMILES string of the molecule is CC(Oc1ccccc1-c1cc(C(=O)Nc2ccc(C#N)cc2C(=O)O)no1)C1CCCCC1.CCC(C)Oc1ccc2cc(C(=O)Nc3ccc(C#N)cc3C(=O)O)n(C)c2c1. The molecule has 15 heteroatoms. The van der Waals surface area contributed by atoms with Gasteiger partial charge < -0.3 is 39.4 Å². The summed E-state index contributed by atoms with van der Waals surface area (Å²) in [5.41, 5.74) is 2.13. The molecule has 0 saturated heterocycles. The van der Waals surface area contributed by atoms with Crippen molar-refractivity contribution >= 4 is 46.0 Å². The fourth-order valence-corrected chi connectivity index (χ4v) is 7.27. The molecule has 322 valence electrons. The van der Waals surface area contributed by atoms with Crippen LogP contribution in [-0.2, 0) is 7.05 Å². The van der Waals surface area contributed by atoms with Crippen LogP contribution in [0.25, 0.3) is 22.2 Å². The lowest BCUT2D eigenvalue weighted by atomic mass is 9.86. The van der Waals surface area contributed by atoms with Crippen molar-refractivity contribution in [3.05, 3.63) is 125 Å². The zero-order valence-electron chi connectivity index (χ0n) is 35.2. The zero-order chi connectivity index (χ0) is 45.2. The molecule has 1 fully saturated rings. The van der Waals surface area contributed by atoms with Gasteiger partial charge in [0.1, 0.15) is 17.2 Å². The maximum atomic E-state index is 12.8. The fraction of sp³-hybridized carbons (Fsp3) is 0.271. The first-order chi connectivity index (χ1) is 30.3. The van der Waals surface area contributed by atoms with Crippen molar-refractivity contribution in [1.82, 2.24) is 9.72 Å². The molecule has 7 rings (SSSR count). The Kier molecular flexibility index (Phi) is 14.2. The molecule has 15 nitrogen and oxygen atoms in total. The van der Waals surface area contributed by atoms with Gasteiger partial charge in [0, 0.05) is 24.6 Å². The maximum Gasteiger partial charge on any atom is 0.337 e. The number of carbonyl (C=O) groups excluding carboxylic acids is 2. The topological polar surface area (TPSA) is 230 Å². The molecule has 2 amide bonds. The van der Waals surface area contributed by atoms with Crippen molar-refractivity contribution in [3.63, 3.8) is 0 Å². The van der Waals surface area contributed by atoms with Crippen LogP contribution in [0.2, 0.25) is 0 Å². The minimum atomic E-state index is -1.26. The molecule has 2 unspecified atom stereocenters. The number of rotatable bonds is 13. The van der Waals surface area contributed by atoms with Gasteiger partial charge in [-0.2, -0.15) is 10.5 Å². The number of nitrogens with one attached hydrogen (secondary N) is 2. The zero-order valence-corrected chi connectivity index (χ0v) is 35.2. The molecular weight excluding hydrogens is 805 g/mol. The fourth-order valence-electron chi connectivity index (χ4n) is 7.27. The average molecular weight is 851 g/mol. The summed E-state index contributed by atoms with van der Waals surface area (Å²) in [6.07, 6.45) is 7.06. The smallest absolute Gasteiger partial charge is 0.337 e. The predicted octanol–water partition coefficient (Wildman–Crippen LogP) is 9.69. The Bertz CT molecular complexity index is 2750. The number of nitrogens with zero attached hydrogens (tertiary/aromatic N) is 4. The van der Waals surface area contributed by atoms with E-state index in [9.17, 15) is 29.4 Å². The number of benzene rings is 4. The number of hydrogen-bond donors (Lipinski definition) is 4. The van der Waals surface area contributed by atoms with Gasteiger partial charge in [0.15, 0.2) is 11.5 Å². The Labute approximate surface area is 363 Å². The van der Waals surface area contributed by atoms with Crippen LogP contribution in [0.15, 0.2) is 95.5 Å². The summed E-state index contributed by atoms with van der Waals surface area (Å²) in [4.78, 5) is 48.6. The van der Waals surface area contributed by atoms with Gasteiger partial charge in [0.25, 0.3) is 11.8 Å². The Morgan fingerprint density at radius 3 is 2.03 bits per heavy atom. The number of nitriles is 2. The molecule has 2 heterocycles. The van der Waals surface area contributed by atoms with Crippen LogP contribution in [0.5, 0.6) is 11.5 Å². The number of carboxylic acid groups (broad SMARTS) is 2. The lowest BCUT2D eigenvalue weighted by Gasteiger charge is -2.28. The molecular formula is C48H46N6O9. The van der Waals surface area contributed by atoms with Gasteiger partial charge in [0.05, 0.1) is 69.1 Å². The number of para-hydroxylation sites is 1. The van der Waals surface area contributed by atoms with Gasteiger partial charge in [-0.3, -0.25) is 9.59 Å². The van der Waals surface area contributed by atoms with E-state index in [0.717, 1.165) is 35.9 Å². The molecule has 63 heavy (non-hydrogen) atoms. The molecule has 2 atom stereocenters. The van der Waals surface area contributed by atoms with E-state index in [4.69, 9.17) is 24.5 Å². The van der Waals surface area contributed by atoms with Crippen molar-refractivity contribution in [2.75, 3.05) is 10.6 Å². The molecule has 4 aromatic carbocycles. The van der Waals surface area contributed by atoms with E-state index >= 15 is 0 Å². The highest BCUT2D eigenvalue weighted by molar-refractivity contribution is 6.09. The van der Waals surface area contributed by atoms with Crippen LogP contribution in [0, 0.1) is 28.6 Å². The summed E-state index contributed by atoms with van der Waals surface area (Å²) in [7, 11) is 1.77. The minimum Gasteiger partial charge on any atom is -0.491 e. The van der Waals surface area contributed by atoms with Crippen LogP contribution in [0.3, 0.4) is 0 Å². The van der Waals surface area contributed by atoms with Crippen LogP contribution >= 0.6 is 0 Å². The van der Waals surface area contributed by atoms with Crippen LogP contribution in [-0.4, -0.2) is 55.9 Å². The third kappa shape index (κ3) is 10.7. The normalized spacial score (nSPS) is 13.3. The highest BCUT2D eigenvalue weighted by Gasteiger charge is 2.24. The van der Waals surface area contributed by atoms with Gasteiger partial charge in [-0.05, 0) is 106 Å². The highest BCUT2D eigenvalue weighted by atomic mass is 16.5. The van der Waals surface area contributed by atoms with E-state index in [1.54, 1.807) is 17.7 Å². The summed E-state index contributed by atoms with van der Waals surface area (Å²) >= 11 is 0. The summed E-state index contributed by atoms with van der Waals surface area (Å²) < 4.78 is 19.3. The van der Waals surface area contributed by atoms with Crippen molar-refractivity contribution in [2.24, 2.45) is 13.0 Å². The molecule has 0 radical (unpaired) electrons. The van der Waals surface area contributed by atoms with Gasteiger partial charge in [-0.25, -0.2) is 9.59 Å². The molecule has 4 N–H and O–H groups in total. The van der Waals surface area contributed by atoms with E-state index < -0.39 is 23.8 Å². The number of anilines is 2. The molecule has 1 aliphatic carbocycles. The molecule has 0 bridgehead atoms. The maximum absolute atomic E-state index is 12.8. The van der Waals surface area contributed by atoms with Gasteiger partial charge in [0.2, 0.25) is 0 Å². The molecule has 6 aromatic rings. The second-order valence-corrected chi connectivity index (χ2v) is 15.2. The third-order valence-electron chi connectivity index (χ3n) is 10.9. The Morgan fingerprint density at radius 2 is 1.43 bits per heavy atom. The standard InChI is InChI=1S/C26H25N3O5.C22H21N3O4/c1-16(18-7-3-2-4-8-18)33-23-10-6-5-9-19(23)24-14-22(29-34-24)25(30)28-21-12-11-17(15-27)13-20(21)26(31)32;1-4-13(2)29-16-7-6-15-10-20(25(3)19(15)11-16)21(26)24-18-8-5-14(12-23)9-17(18)22(27)28/h5-6,9-14,16,18H,2-4,7-8H2,1H3,(H,28,30)(H,31,32);5-11,13H,4H2,1-3H3,(H,24,26)(H,27,28). The number of ether oxygens (including phenoxy) is 2. The summed E-state index contributed by atoms with van der Waals surface area (Å²) in [6, 6.07) is 28.2. The summed E-state index contributed by atoms with van der Waals surface area (Å²) in [5.74, 6) is -1.29. The summed E-state index contributed by atoms with van der Waals surface area (Å²) in [6.45, 7) is 6.12. The molecule has 2 aromatic heterocycles. The first kappa shape index (κ1) is 44.6. The summed E-state index contributed by atoms with van der Waals surface area (Å²) in [5, 5.41) is 46.6. The lowest BCUT2D eigenvalue weighted by Crippen LogP contribution is -2.25. The average Bonchev–Trinajstić information content (AvgIpc) is 3.92. The van der Waals surface area contributed by atoms with E-state index in [1.165, 1.54) is 61.7 Å². The number of fused-ring (bicyclic) bond motifs is 1. The Hall–Kier alpha value is -7.91. The second kappa shape index (κ2) is 20.1. The van der Waals surface area contributed by atoms with Gasteiger partial charge >= 0.3 is 11.9 Å². The van der Waals surface area contributed by atoms with Crippen molar-refractivity contribution < 1.29 is 43.4 Å². The monoisotopic (exact) mass is 850 g/mol. The number of amides is 2. The molecule has 1 saturated carbocycles. The Balaban J connectivity index is 0.000000213.